The number of nitrogen functional groups attached to an aromatic ring is 1. The van der Waals surface area contributed by atoms with Crippen LogP contribution in [0.3, 0.4) is 0 Å². The Morgan fingerprint density at radius 3 is 2.88 bits per heavy atom. The van der Waals surface area contributed by atoms with Crippen molar-refractivity contribution in [1.29, 1.82) is 0 Å². The lowest BCUT2D eigenvalue weighted by atomic mass is 10.2. The van der Waals surface area contributed by atoms with E-state index in [0.717, 1.165) is 12.8 Å². The summed E-state index contributed by atoms with van der Waals surface area (Å²) in [5.74, 6) is -0.569. The Kier molecular flexibility index (Phi) is 3.17. The van der Waals surface area contributed by atoms with Gasteiger partial charge in [-0.3, -0.25) is 4.79 Å². The molecule has 1 unspecified atom stereocenters. The molecule has 1 aliphatic carbocycles. The van der Waals surface area contributed by atoms with Gasteiger partial charge in [-0.05, 0) is 31.9 Å². The molecule has 5 heteroatoms. The van der Waals surface area contributed by atoms with Gasteiger partial charge in [0.05, 0.1) is 11.4 Å². The van der Waals surface area contributed by atoms with Crippen LogP contribution in [0.1, 0.15) is 19.8 Å². The average Bonchev–Trinajstić information content (AvgIpc) is 3.08. The summed E-state index contributed by atoms with van der Waals surface area (Å²) in [7, 11) is 0. The van der Waals surface area contributed by atoms with E-state index in [2.05, 4.69) is 10.6 Å². The molecular formula is C12H16FN3O. The van der Waals surface area contributed by atoms with E-state index in [1.807, 2.05) is 0 Å². The molecule has 4 nitrogen and oxygen atoms in total. The molecule has 1 saturated carbocycles. The number of halogens is 1. The summed E-state index contributed by atoms with van der Waals surface area (Å²) >= 11 is 0. The predicted octanol–water partition coefficient (Wildman–Crippen LogP) is 1.49. The average molecular weight is 237 g/mol. The molecule has 0 bridgehead atoms. The van der Waals surface area contributed by atoms with Crippen molar-refractivity contribution in [2.24, 2.45) is 0 Å². The third-order valence-corrected chi connectivity index (χ3v) is 2.74. The van der Waals surface area contributed by atoms with Gasteiger partial charge in [-0.15, -0.1) is 0 Å². The molecule has 92 valence electrons. The maximum Gasteiger partial charge on any atom is 0.242 e. The number of carbonyl (C=O) groups is 1. The Labute approximate surface area is 99.4 Å². The van der Waals surface area contributed by atoms with Crippen molar-refractivity contribution in [3.63, 3.8) is 0 Å². The zero-order valence-electron chi connectivity index (χ0n) is 9.66. The smallest absolute Gasteiger partial charge is 0.242 e. The SMILES string of the molecule is CC(Nc1cccc(F)c1N)C(=O)NC1CC1. The predicted molar refractivity (Wildman–Crippen MR) is 65.1 cm³/mol. The second kappa shape index (κ2) is 4.61. The zero-order valence-corrected chi connectivity index (χ0v) is 9.66. The highest BCUT2D eigenvalue weighted by molar-refractivity contribution is 5.85. The van der Waals surface area contributed by atoms with Crippen LogP contribution in [-0.4, -0.2) is 18.0 Å². The fourth-order valence-electron chi connectivity index (χ4n) is 1.52. The van der Waals surface area contributed by atoms with Crippen molar-refractivity contribution in [3.8, 4) is 0 Å². The minimum absolute atomic E-state index is 0.0403. The van der Waals surface area contributed by atoms with E-state index in [-0.39, 0.29) is 11.6 Å². The molecule has 0 aromatic heterocycles. The van der Waals surface area contributed by atoms with Gasteiger partial charge in [0.15, 0.2) is 0 Å². The number of hydrogen-bond donors (Lipinski definition) is 3. The van der Waals surface area contributed by atoms with Gasteiger partial charge in [-0.25, -0.2) is 4.39 Å². The van der Waals surface area contributed by atoms with Gasteiger partial charge in [0.1, 0.15) is 11.9 Å². The highest BCUT2D eigenvalue weighted by Crippen LogP contribution is 2.22. The summed E-state index contributed by atoms with van der Waals surface area (Å²) in [5, 5.41) is 5.78. The number of nitrogens with one attached hydrogen (secondary N) is 2. The van der Waals surface area contributed by atoms with Crippen LogP contribution in [-0.2, 0) is 4.79 Å². The third-order valence-electron chi connectivity index (χ3n) is 2.74. The zero-order chi connectivity index (χ0) is 12.4. The monoisotopic (exact) mass is 237 g/mol. The molecular weight excluding hydrogens is 221 g/mol. The standard InChI is InChI=1S/C12H16FN3O/c1-7(12(17)16-8-5-6-8)15-10-4-2-3-9(13)11(10)14/h2-4,7-8,15H,5-6,14H2,1H3,(H,16,17). The van der Waals surface area contributed by atoms with Gasteiger partial charge in [0, 0.05) is 6.04 Å². The minimum Gasteiger partial charge on any atom is -0.395 e. The Bertz CT molecular complexity index is 432. The van der Waals surface area contributed by atoms with Gasteiger partial charge < -0.3 is 16.4 Å². The van der Waals surface area contributed by atoms with Crippen molar-refractivity contribution < 1.29 is 9.18 Å². The number of nitrogens with two attached hydrogens (primary N) is 1. The van der Waals surface area contributed by atoms with Crippen LogP contribution >= 0.6 is 0 Å². The Balaban J connectivity index is 1.99. The summed E-state index contributed by atoms with van der Waals surface area (Å²) < 4.78 is 13.2. The number of benzene rings is 1. The molecule has 1 atom stereocenters. The van der Waals surface area contributed by atoms with Crippen molar-refractivity contribution in [3.05, 3.63) is 24.0 Å². The fourth-order valence-corrected chi connectivity index (χ4v) is 1.52. The van der Waals surface area contributed by atoms with Crippen molar-refractivity contribution >= 4 is 17.3 Å². The summed E-state index contributed by atoms with van der Waals surface area (Å²) in [6.45, 7) is 1.72. The number of amides is 1. The minimum atomic E-state index is -0.482. The molecule has 1 aromatic rings. The molecule has 0 heterocycles. The second-order valence-electron chi connectivity index (χ2n) is 4.35. The van der Waals surface area contributed by atoms with Gasteiger partial charge in [0.2, 0.25) is 5.91 Å². The number of anilines is 2. The normalized spacial score (nSPS) is 16.4. The van der Waals surface area contributed by atoms with Gasteiger partial charge in [-0.2, -0.15) is 0 Å². The van der Waals surface area contributed by atoms with E-state index in [1.165, 1.54) is 6.07 Å². The lowest BCUT2D eigenvalue weighted by Crippen LogP contribution is -2.38. The number of carbonyl (C=O) groups excluding carboxylic acids is 1. The Morgan fingerprint density at radius 2 is 2.24 bits per heavy atom. The van der Waals surface area contributed by atoms with E-state index < -0.39 is 11.9 Å². The first-order valence-corrected chi connectivity index (χ1v) is 5.69. The maximum atomic E-state index is 13.2. The van der Waals surface area contributed by atoms with Crippen LogP contribution in [0.15, 0.2) is 18.2 Å². The molecule has 1 amide bonds. The molecule has 4 N–H and O–H groups in total. The first-order chi connectivity index (χ1) is 8.08. The van der Waals surface area contributed by atoms with Crippen LogP contribution < -0.4 is 16.4 Å². The molecule has 2 rings (SSSR count). The van der Waals surface area contributed by atoms with Gasteiger partial charge >= 0.3 is 0 Å². The van der Waals surface area contributed by atoms with Crippen molar-refractivity contribution in [2.45, 2.75) is 31.8 Å². The molecule has 17 heavy (non-hydrogen) atoms. The van der Waals surface area contributed by atoms with Crippen LogP contribution in [0.25, 0.3) is 0 Å². The van der Waals surface area contributed by atoms with Crippen molar-refractivity contribution in [1.82, 2.24) is 5.32 Å². The number of hydrogen-bond acceptors (Lipinski definition) is 3. The number of rotatable bonds is 4. The highest BCUT2D eigenvalue weighted by Gasteiger charge is 2.25. The molecule has 0 spiro atoms. The highest BCUT2D eigenvalue weighted by atomic mass is 19.1. The summed E-state index contributed by atoms with van der Waals surface area (Å²) in [6, 6.07) is 4.38. The lowest BCUT2D eigenvalue weighted by molar-refractivity contribution is -0.121. The number of para-hydroxylation sites is 1. The van der Waals surface area contributed by atoms with E-state index in [0.29, 0.717) is 11.7 Å². The van der Waals surface area contributed by atoms with Crippen LogP contribution in [0, 0.1) is 5.82 Å². The van der Waals surface area contributed by atoms with Crippen LogP contribution in [0.4, 0.5) is 15.8 Å². The van der Waals surface area contributed by atoms with Crippen LogP contribution in [0.5, 0.6) is 0 Å². The third kappa shape index (κ3) is 2.87. The first kappa shape index (κ1) is 11.7. The summed E-state index contributed by atoms with van der Waals surface area (Å²) in [4.78, 5) is 11.7. The summed E-state index contributed by atoms with van der Waals surface area (Å²) in [6.07, 6.45) is 2.08. The van der Waals surface area contributed by atoms with E-state index in [1.54, 1.807) is 19.1 Å². The topological polar surface area (TPSA) is 67.1 Å². The van der Waals surface area contributed by atoms with Gasteiger partial charge in [0.25, 0.3) is 0 Å². The largest absolute Gasteiger partial charge is 0.395 e. The fraction of sp³-hybridized carbons (Fsp3) is 0.417. The molecule has 0 aliphatic heterocycles. The quantitative estimate of drug-likeness (QED) is 0.695. The maximum absolute atomic E-state index is 13.2. The van der Waals surface area contributed by atoms with Gasteiger partial charge in [-0.1, -0.05) is 6.07 Å². The molecule has 1 aliphatic rings. The molecule has 0 radical (unpaired) electrons. The van der Waals surface area contributed by atoms with E-state index in [9.17, 15) is 9.18 Å². The lowest BCUT2D eigenvalue weighted by Gasteiger charge is -2.16. The second-order valence-corrected chi connectivity index (χ2v) is 4.35. The summed E-state index contributed by atoms with van der Waals surface area (Å²) in [5.41, 5.74) is 6.06. The molecule has 1 fully saturated rings. The van der Waals surface area contributed by atoms with E-state index in [4.69, 9.17) is 5.73 Å². The Hall–Kier alpha value is -1.78. The molecule has 0 saturated heterocycles. The van der Waals surface area contributed by atoms with E-state index >= 15 is 0 Å². The van der Waals surface area contributed by atoms with Crippen LogP contribution in [0.2, 0.25) is 0 Å². The molecule has 1 aromatic carbocycles. The van der Waals surface area contributed by atoms with Crippen molar-refractivity contribution in [2.75, 3.05) is 11.1 Å². The first-order valence-electron chi connectivity index (χ1n) is 5.69. The Morgan fingerprint density at radius 1 is 1.53 bits per heavy atom.